The molecular weight excluding hydrogens is 269 g/mol. The SMILES string of the molecule is Cc1c(C#N)nc2cc(Cl)c(Cl)cc2c1N(C)C. The molecule has 0 aliphatic carbocycles. The zero-order chi connectivity index (χ0) is 13.4. The first kappa shape index (κ1) is 12.9. The Bertz CT molecular complexity index is 672. The number of nitriles is 1. The minimum atomic E-state index is 0.407. The second kappa shape index (κ2) is 4.64. The van der Waals surface area contributed by atoms with Crippen LogP contribution < -0.4 is 4.90 Å². The van der Waals surface area contributed by atoms with Gasteiger partial charge in [-0.2, -0.15) is 5.26 Å². The van der Waals surface area contributed by atoms with Crippen LogP contribution in [0, 0.1) is 18.3 Å². The zero-order valence-corrected chi connectivity index (χ0v) is 11.8. The quantitative estimate of drug-likeness (QED) is 0.797. The minimum Gasteiger partial charge on any atom is -0.377 e. The number of hydrogen-bond donors (Lipinski definition) is 0. The monoisotopic (exact) mass is 279 g/mol. The van der Waals surface area contributed by atoms with E-state index in [4.69, 9.17) is 28.5 Å². The fraction of sp³-hybridized carbons (Fsp3) is 0.231. The van der Waals surface area contributed by atoms with Gasteiger partial charge in [-0.1, -0.05) is 23.2 Å². The summed E-state index contributed by atoms with van der Waals surface area (Å²) in [5, 5.41) is 10.9. The topological polar surface area (TPSA) is 39.9 Å². The fourth-order valence-electron chi connectivity index (χ4n) is 2.02. The molecule has 0 unspecified atom stereocenters. The minimum absolute atomic E-state index is 0.407. The third kappa shape index (κ3) is 1.98. The van der Waals surface area contributed by atoms with E-state index in [1.807, 2.05) is 25.9 Å². The highest BCUT2D eigenvalue weighted by Gasteiger charge is 2.14. The Hall–Kier alpha value is -1.50. The van der Waals surface area contributed by atoms with Crippen molar-refractivity contribution >= 4 is 39.8 Å². The number of anilines is 1. The summed E-state index contributed by atoms with van der Waals surface area (Å²) in [4.78, 5) is 6.26. The molecule has 2 rings (SSSR count). The molecule has 0 bridgehead atoms. The van der Waals surface area contributed by atoms with E-state index >= 15 is 0 Å². The Morgan fingerprint density at radius 1 is 1.22 bits per heavy atom. The molecule has 0 saturated heterocycles. The largest absolute Gasteiger partial charge is 0.377 e. The highest BCUT2D eigenvalue weighted by atomic mass is 35.5. The summed E-state index contributed by atoms with van der Waals surface area (Å²) in [6.45, 7) is 1.88. The molecule has 0 saturated carbocycles. The van der Waals surface area contributed by atoms with Crippen molar-refractivity contribution in [3.63, 3.8) is 0 Å². The van der Waals surface area contributed by atoms with E-state index < -0.39 is 0 Å². The van der Waals surface area contributed by atoms with Gasteiger partial charge in [0.05, 0.1) is 21.2 Å². The Morgan fingerprint density at radius 2 is 1.83 bits per heavy atom. The average molecular weight is 280 g/mol. The fourth-order valence-corrected chi connectivity index (χ4v) is 2.34. The maximum Gasteiger partial charge on any atom is 0.146 e. The molecule has 18 heavy (non-hydrogen) atoms. The van der Waals surface area contributed by atoms with Gasteiger partial charge in [0.2, 0.25) is 0 Å². The lowest BCUT2D eigenvalue weighted by Gasteiger charge is -2.19. The van der Waals surface area contributed by atoms with Crippen molar-refractivity contribution in [2.45, 2.75) is 6.92 Å². The van der Waals surface area contributed by atoms with Gasteiger partial charge in [0, 0.05) is 25.0 Å². The number of fused-ring (bicyclic) bond motifs is 1. The van der Waals surface area contributed by atoms with Crippen LogP contribution in [0.15, 0.2) is 12.1 Å². The van der Waals surface area contributed by atoms with Crippen molar-refractivity contribution in [2.24, 2.45) is 0 Å². The lowest BCUT2D eigenvalue weighted by atomic mass is 10.1. The van der Waals surface area contributed by atoms with E-state index in [9.17, 15) is 0 Å². The van der Waals surface area contributed by atoms with Gasteiger partial charge in [-0.15, -0.1) is 0 Å². The van der Waals surface area contributed by atoms with Crippen LogP contribution in [0.1, 0.15) is 11.3 Å². The maximum absolute atomic E-state index is 9.12. The Balaban J connectivity index is 2.97. The normalized spacial score (nSPS) is 10.4. The number of nitrogens with zero attached hydrogens (tertiary/aromatic N) is 3. The smallest absolute Gasteiger partial charge is 0.146 e. The Morgan fingerprint density at radius 3 is 2.39 bits per heavy atom. The summed E-state index contributed by atoms with van der Waals surface area (Å²) in [6, 6.07) is 5.58. The highest BCUT2D eigenvalue weighted by molar-refractivity contribution is 6.42. The van der Waals surface area contributed by atoms with Crippen molar-refractivity contribution in [1.29, 1.82) is 5.26 Å². The molecule has 2 aromatic rings. The van der Waals surface area contributed by atoms with E-state index in [2.05, 4.69) is 11.1 Å². The van der Waals surface area contributed by atoms with E-state index in [0.717, 1.165) is 16.6 Å². The standard InChI is InChI=1S/C13H11Cl2N3/c1-7-12(6-16)17-11-5-10(15)9(14)4-8(11)13(7)18(2)3/h4-5H,1-3H3. The Labute approximate surface area is 116 Å². The van der Waals surface area contributed by atoms with E-state index in [-0.39, 0.29) is 0 Å². The van der Waals surface area contributed by atoms with Crippen LogP contribution in [0.5, 0.6) is 0 Å². The molecule has 0 atom stereocenters. The van der Waals surface area contributed by atoms with Gasteiger partial charge < -0.3 is 4.90 Å². The molecule has 0 aliphatic heterocycles. The van der Waals surface area contributed by atoms with Gasteiger partial charge in [-0.05, 0) is 19.1 Å². The van der Waals surface area contributed by atoms with Crippen molar-refractivity contribution in [1.82, 2.24) is 4.98 Å². The lowest BCUT2D eigenvalue weighted by molar-refractivity contribution is 1.11. The molecule has 0 aliphatic rings. The molecule has 0 spiro atoms. The molecule has 0 radical (unpaired) electrons. The van der Waals surface area contributed by atoms with E-state index in [1.165, 1.54) is 0 Å². The molecule has 0 amide bonds. The Kier molecular flexibility index (Phi) is 3.34. The van der Waals surface area contributed by atoms with E-state index in [1.54, 1.807) is 12.1 Å². The van der Waals surface area contributed by atoms with Crippen LogP contribution >= 0.6 is 23.2 Å². The van der Waals surface area contributed by atoms with Crippen LogP contribution in [0.3, 0.4) is 0 Å². The van der Waals surface area contributed by atoms with Gasteiger partial charge in [-0.3, -0.25) is 0 Å². The first-order valence-corrected chi connectivity index (χ1v) is 6.08. The number of benzene rings is 1. The van der Waals surface area contributed by atoms with Crippen molar-refractivity contribution in [2.75, 3.05) is 19.0 Å². The molecule has 3 nitrogen and oxygen atoms in total. The average Bonchev–Trinajstić information content (AvgIpc) is 2.30. The summed E-state index contributed by atoms with van der Waals surface area (Å²) in [5.74, 6) is 0. The van der Waals surface area contributed by atoms with Crippen LogP contribution in [-0.4, -0.2) is 19.1 Å². The molecule has 1 aromatic heterocycles. The molecule has 1 aromatic carbocycles. The number of rotatable bonds is 1. The first-order valence-electron chi connectivity index (χ1n) is 5.32. The summed E-state index contributed by atoms with van der Waals surface area (Å²) < 4.78 is 0. The van der Waals surface area contributed by atoms with Gasteiger partial charge in [-0.25, -0.2) is 4.98 Å². The third-order valence-electron chi connectivity index (χ3n) is 2.79. The summed E-state index contributed by atoms with van der Waals surface area (Å²) in [7, 11) is 3.84. The number of halogens is 2. The molecule has 0 N–H and O–H groups in total. The molecular formula is C13H11Cl2N3. The summed E-state index contributed by atoms with van der Waals surface area (Å²) >= 11 is 12.0. The second-order valence-corrected chi connectivity index (χ2v) is 5.04. The van der Waals surface area contributed by atoms with Gasteiger partial charge in [0.1, 0.15) is 11.8 Å². The zero-order valence-electron chi connectivity index (χ0n) is 10.3. The van der Waals surface area contributed by atoms with Crippen molar-refractivity contribution in [3.8, 4) is 6.07 Å². The molecule has 92 valence electrons. The second-order valence-electron chi connectivity index (χ2n) is 4.22. The van der Waals surface area contributed by atoms with Gasteiger partial charge in [0.25, 0.3) is 0 Å². The van der Waals surface area contributed by atoms with Crippen LogP contribution in [0.4, 0.5) is 5.69 Å². The van der Waals surface area contributed by atoms with Crippen molar-refractivity contribution in [3.05, 3.63) is 33.4 Å². The molecule has 1 heterocycles. The highest BCUT2D eigenvalue weighted by Crippen LogP contribution is 2.35. The number of pyridine rings is 1. The summed E-state index contributed by atoms with van der Waals surface area (Å²) in [6.07, 6.45) is 0. The van der Waals surface area contributed by atoms with Crippen LogP contribution in [0.2, 0.25) is 10.0 Å². The lowest BCUT2D eigenvalue weighted by Crippen LogP contribution is -2.12. The van der Waals surface area contributed by atoms with Crippen LogP contribution in [-0.2, 0) is 0 Å². The molecule has 0 fully saturated rings. The van der Waals surface area contributed by atoms with Gasteiger partial charge in [0.15, 0.2) is 0 Å². The third-order valence-corrected chi connectivity index (χ3v) is 3.51. The predicted octanol–water partition coefficient (Wildman–Crippen LogP) is 3.79. The first-order chi connectivity index (χ1) is 8.45. The van der Waals surface area contributed by atoms with Crippen LogP contribution in [0.25, 0.3) is 10.9 Å². The number of aromatic nitrogens is 1. The molecule has 5 heteroatoms. The predicted molar refractivity (Wildman–Crippen MR) is 75.5 cm³/mol. The summed E-state index contributed by atoms with van der Waals surface area (Å²) in [5.41, 5.74) is 2.86. The number of hydrogen-bond acceptors (Lipinski definition) is 3. The maximum atomic E-state index is 9.12. The van der Waals surface area contributed by atoms with Crippen molar-refractivity contribution < 1.29 is 0 Å². The van der Waals surface area contributed by atoms with Gasteiger partial charge >= 0.3 is 0 Å². The van der Waals surface area contributed by atoms with E-state index in [0.29, 0.717) is 21.3 Å².